The number of allylic oxidation sites excluding steroid dienone is 6. The highest BCUT2D eigenvalue weighted by Crippen LogP contribution is 2.29. The fourth-order valence-electron chi connectivity index (χ4n) is 1.67. The van der Waals surface area contributed by atoms with Crippen LogP contribution in [0.15, 0.2) is 58.3 Å². The Kier molecular flexibility index (Phi) is 4.06. The SMILES string of the molecule is N#C/C(=C1C=C/C(=N/O)C=C/1Cl)c1ccc(Cl)cc1. The maximum Gasteiger partial charge on any atom is 0.104 e. The van der Waals surface area contributed by atoms with Crippen molar-refractivity contribution in [2.75, 3.05) is 0 Å². The fraction of sp³-hybridized carbons (Fsp3) is 0. The second kappa shape index (κ2) is 5.75. The number of oxime groups is 1. The third kappa shape index (κ3) is 2.87. The Morgan fingerprint density at radius 1 is 1.16 bits per heavy atom. The molecule has 0 unspecified atom stereocenters. The van der Waals surface area contributed by atoms with Gasteiger partial charge in [-0.25, -0.2) is 0 Å². The maximum absolute atomic E-state index is 9.30. The molecular weight excluding hydrogens is 283 g/mol. The van der Waals surface area contributed by atoms with E-state index in [1.54, 1.807) is 36.4 Å². The van der Waals surface area contributed by atoms with Gasteiger partial charge in [-0.15, -0.1) is 0 Å². The van der Waals surface area contributed by atoms with Crippen LogP contribution in [0.2, 0.25) is 5.02 Å². The predicted octanol–water partition coefficient (Wildman–Crippen LogP) is 4.14. The first-order valence-corrected chi connectivity index (χ1v) is 6.09. The van der Waals surface area contributed by atoms with Gasteiger partial charge in [-0.1, -0.05) is 40.5 Å². The normalized spacial score (nSPS) is 19.0. The zero-order valence-corrected chi connectivity index (χ0v) is 11.2. The highest BCUT2D eigenvalue weighted by Gasteiger charge is 2.14. The molecule has 0 aromatic heterocycles. The van der Waals surface area contributed by atoms with Crippen LogP contribution >= 0.6 is 23.2 Å². The molecule has 0 atom stereocenters. The molecule has 3 nitrogen and oxygen atoms in total. The lowest BCUT2D eigenvalue weighted by Crippen LogP contribution is -1.99. The molecule has 19 heavy (non-hydrogen) atoms. The van der Waals surface area contributed by atoms with E-state index in [0.717, 1.165) is 5.56 Å². The number of hydrogen-bond acceptors (Lipinski definition) is 3. The van der Waals surface area contributed by atoms with Gasteiger partial charge in [-0.05, 0) is 35.9 Å². The summed E-state index contributed by atoms with van der Waals surface area (Å²) in [5.41, 5.74) is 2.08. The lowest BCUT2D eigenvalue weighted by molar-refractivity contribution is 0.320. The van der Waals surface area contributed by atoms with Crippen LogP contribution in [-0.2, 0) is 0 Å². The molecule has 5 heteroatoms. The van der Waals surface area contributed by atoms with Crippen LogP contribution in [0.1, 0.15) is 5.56 Å². The molecule has 0 saturated heterocycles. The van der Waals surface area contributed by atoms with Crippen LogP contribution in [-0.4, -0.2) is 10.9 Å². The van der Waals surface area contributed by atoms with Crippen LogP contribution in [0.4, 0.5) is 0 Å². The molecule has 1 aliphatic rings. The summed E-state index contributed by atoms with van der Waals surface area (Å²) in [6, 6.07) is 9.05. The molecule has 1 aliphatic carbocycles. The number of hydrogen-bond donors (Lipinski definition) is 1. The van der Waals surface area contributed by atoms with Gasteiger partial charge in [0.05, 0.1) is 10.6 Å². The summed E-state index contributed by atoms with van der Waals surface area (Å²) >= 11 is 11.9. The third-order valence-corrected chi connectivity index (χ3v) is 3.15. The van der Waals surface area contributed by atoms with Crippen molar-refractivity contribution in [3.63, 3.8) is 0 Å². The summed E-state index contributed by atoms with van der Waals surface area (Å²) in [5.74, 6) is 0. The number of rotatable bonds is 1. The first-order valence-electron chi connectivity index (χ1n) is 5.33. The van der Waals surface area contributed by atoms with E-state index in [0.29, 0.717) is 26.9 Å². The van der Waals surface area contributed by atoms with Crippen molar-refractivity contribution >= 4 is 34.5 Å². The van der Waals surface area contributed by atoms with Crippen LogP contribution in [0.5, 0.6) is 0 Å². The molecule has 2 rings (SSSR count). The van der Waals surface area contributed by atoms with E-state index in [4.69, 9.17) is 28.4 Å². The largest absolute Gasteiger partial charge is 0.410 e. The van der Waals surface area contributed by atoms with Crippen LogP contribution in [0.25, 0.3) is 5.57 Å². The van der Waals surface area contributed by atoms with Crippen molar-refractivity contribution in [1.82, 2.24) is 0 Å². The number of nitrogens with zero attached hydrogens (tertiary/aromatic N) is 2. The van der Waals surface area contributed by atoms with E-state index in [1.165, 1.54) is 6.08 Å². The van der Waals surface area contributed by atoms with Gasteiger partial charge in [0, 0.05) is 10.6 Å². The van der Waals surface area contributed by atoms with E-state index in [2.05, 4.69) is 11.2 Å². The molecule has 0 fully saturated rings. The van der Waals surface area contributed by atoms with Gasteiger partial charge in [0.1, 0.15) is 11.8 Å². The van der Waals surface area contributed by atoms with Crippen molar-refractivity contribution in [2.24, 2.45) is 5.16 Å². The molecule has 94 valence electrons. The summed E-state index contributed by atoms with van der Waals surface area (Å²) < 4.78 is 0. The predicted molar refractivity (Wildman–Crippen MR) is 76.3 cm³/mol. The molecule has 0 heterocycles. The first kappa shape index (κ1) is 13.4. The van der Waals surface area contributed by atoms with Crippen molar-refractivity contribution in [3.8, 4) is 6.07 Å². The van der Waals surface area contributed by atoms with E-state index < -0.39 is 0 Å². The monoisotopic (exact) mass is 290 g/mol. The highest BCUT2D eigenvalue weighted by molar-refractivity contribution is 6.36. The molecule has 0 radical (unpaired) electrons. The number of halogens is 2. The average molecular weight is 291 g/mol. The lowest BCUT2D eigenvalue weighted by atomic mass is 9.97. The van der Waals surface area contributed by atoms with Crippen LogP contribution in [0.3, 0.4) is 0 Å². The summed E-state index contributed by atoms with van der Waals surface area (Å²) in [5, 5.41) is 22.0. The Morgan fingerprint density at radius 3 is 2.37 bits per heavy atom. The summed E-state index contributed by atoms with van der Waals surface area (Å²) in [6.45, 7) is 0. The molecular formula is C14H8Cl2N2O. The Morgan fingerprint density at radius 2 is 1.84 bits per heavy atom. The standard InChI is InChI=1S/C14H8Cl2N2O/c15-10-3-1-9(2-4-10)13(8-17)12-6-5-11(18-19)7-14(12)16/h1-7,19H/b13-12+,18-11-. The molecule has 0 aliphatic heterocycles. The first-order chi connectivity index (χ1) is 9.15. The Bertz CT molecular complexity index is 662. The quantitative estimate of drug-likeness (QED) is 0.480. The minimum Gasteiger partial charge on any atom is -0.410 e. The van der Waals surface area contributed by atoms with Crippen LogP contribution < -0.4 is 0 Å². The van der Waals surface area contributed by atoms with Gasteiger partial charge >= 0.3 is 0 Å². The van der Waals surface area contributed by atoms with Crippen molar-refractivity contribution in [2.45, 2.75) is 0 Å². The summed E-state index contributed by atoms with van der Waals surface area (Å²) in [6.07, 6.45) is 4.71. The van der Waals surface area contributed by atoms with E-state index in [-0.39, 0.29) is 0 Å². The number of benzene rings is 1. The van der Waals surface area contributed by atoms with Gasteiger partial charge in [-0.2, -0.15) is 5.26 Å². The molecule has 1 N–H and O–H groups in total. The molecule has 1 aromatic carbocycles. The number of nitriles is 1. The Labute approximate surface area is 120 Å². The highest BCUT2D eigenvalue weighted by atomic mass is 35.5. The molecule has 0 amide bonds. The van der Waals surface area contributed by atoms with Crippen molar-refractivity contribution < 1.29 is 5.21 Å². The minimum atomic E-state index is 0.335. The zero-order valence-electron chi connectivity index (χ0n) is 9.64. The molecule has 0 bridgehead atoms. The fourth-order valence-corrected chi connectivity index (χ4v) is 2.06. The Balaban J connectivity index is 2.54. The van der Waals surface area contributed by atoms with E-state index >= 15 is 0 Å². The van der Waals surface area contributed by atoms with Crippen LogP contribution in [0, 0.1) is 11.3 Å². The maximum atomic E-state index is 9.30. The van der Waals surface area contributed by atoms with Crippen molar-refractivity contribution in [1.29, 1.82) is 5.26 Å². The lowest BCUT2D eigenvalue weighted by Gasteiger charge is -2.10. The third-order valence-electron chi connectivity index (χ3n) is 2.58. The topological polar surface area (TPSA) is 56.4 Å². The van der Waals surface area contributed by atoms with Gasteiger partial charge in [0.15, 0.2) is 0 Å². The van der Waals surface area contributed by atoms with Gasteiger partial charge in [0.25, 0.3) is 0 Å². The second-order valence-electron chi connectivity index (χ2n) is 3.76. The molecule has 0 spiro atoms. The molecule has 1 aromatic rings. The summed E-state index contributed by atoms with van der Waals surface area (Å²) in [7, 11) is 0. The summed E-state index contributed by atoms with van der Waals surface area (Å²) in [4.78, 5) is 0. The zero-order chi connectivity index (χ0) is 13.8. The van der Waals surface area contributed by atoms with Gasteiger partial charge < -0.3 is 5.21 Å². The Hall–Kier alpha value is -2.02. The van der Waals surface area contributed by atoms with Crippen molar-refractivity contribution in [3.05, 3.63) is 63.7 Å². The van der Waals surface area contributed by atoms with E-state index in [1.807, 2.05) is 0 Å². The average Bonchev–Trinajstić information content (AvgIpc) is 2.43. The smallest absolute Gasteiger partial charge is 0.104 e. The van der Waals surface area contributed by atoms with Gasteiger partial charge in [-0.3, -0.25) is 0 Å². The minimum absolute atomic E-state index is 0.335. The van der Waals surface area contributed by atoms with E-state index in [9.17, 15) is 5.26 Å². The second-order valence-corrected chi connectivity index (χ2v) is 4.60. The molecule has 0 saturated carbocycles. The van der Waals surface area contributed by atoms with Gasteiger partial charge in [0.2, 0.25) is 0 Å².